The minimum Gasteiger partial charge on any atom is -0.353 e. The normalized spacial score (nSPS) is 29.7. The molecule has 1 saturated heterocycles. The Labute approximate surface area is 115 Å². The molecule has 1 aliphatic heterocycles. The van der Waals surface area contributed by atoms with Gasteiger partial charge in [-0.05, 0) is 45.6 Å². The summed E-state index contributed by atoms with van der Waals surface area (Å²) in [4.78, 5) is 26.1. The predicted octanol–water partition coefficient (Wildman–Crippen LogP) is 1.73. The summed E-state index contributed by atoms with van der Waals surface area (Å²) in [5, 5.41) is 3.01. The van der Waals surface area contributed by atoms with Crippen molar-refractivity contribution in [2.45, 2.75) is 64.5 Å². The van der Waals surface area contributed by atoms with E-state index in [4.69, 9.17) is 0 Å². The van der Waals surface area contributed by atoms with Gasteiger partial charge in [-0.3, -0.25) is 14.5 Å². The van der Waals surface area contributed by atoms with Gasteiger partial charge in [0.25, 0.3) is 0 Å². The summed E-state index contributed by atoms with van der Waals surface area (Å²) >= 11 is 0. The van der Waals surface area contributed by atoms with E-state index in [-0.39, 0.29) is 17.9 Å². The molecule has 0 aromatic rings. The largest absolute Gasteiger partial charge is 0.353 e. The van der Waals surface area contributed by atoms with E-state index >= 15 is 0 Å². The van der Waals surface area contributed by atoms with Crippen molar-refractivity contribution in [3.05, 3.63) is 0 Å². The number of carbonyl (C=O) groups is 2. The van der Waals surface area contributed by atoms with Crippen LogP contribution < -0.4 is 5.32 Å². The topological polar surface area (TPSA) is 49.4 Å². The fourth-order valence-corrected chi connectivity index (χ4v) is 3.36. The first-order valence-corrected chi connectivity index (χ1v) is 7.68. The average molecular weight is 266 g/mol. The van der Waals surface area contributed by atoms with Crippen LogP contribution in [-0.2, 0) is 9.59 Å². The van der Waals surface area contributed by atoms with Crippen LogP contribution in [0.3, 0.4) is 0 Å². The van der Waals surface area contributed by atoms with Crippen molar-refractivity contribution >= 4 is 11.7 Å². The van der Waals surface area contributed by atoms with Gasteiger partial charge in [-0.15, -0.1) is 0 Å². The molecule has 1 heterocycles. The Morgan fingerprint density at radius 2 is 2.21 bits per heavy atom. The maximum atomic E-state index is 12.0. The Kier molecular flexibility index (Phi) is 4.97. The first-order valence-electron chi connectivity index (χ1n) is 7.68. The molecular formula is C15H26N2O2. The minimum atomic E-state index is 0.103. The second-order valence-electron chi connectivity index (χ2n) is 6.02. The highest BCUT2D eigenvalue weighted by Crippen LogP contribution is 2.32. The summed E-state index contributed by atoms with van der Waals surface area (Å²) in [5.74, 6) is 0.713. The Bertz CT molecular complexity index is 343. The smallest absolute Gasteiger partial charge is 0.234 e. The zero-order chi connectivity index (χ0) is 13.8. The highest BCUT2D eigenvalue weighted by atomic mass is 16.2. The second-order valence-corrected chi connectivity index (χ2v) is 6.02. The van der Waals surface area contributed by atoms with Gasteiger partial charge in [-0.2, -0.15) is 0 Å². The van der Waals surface area contributed by atoms with Crippen molar-refractivity contribution in [2.75, 3.05) is 13.1 Å². The van der Waals surface area contributed by atoms with E-state index < -0.39 is 0 Å². The molecule has 2 rings (SSSR count). The van der Waals surface area contributed by atoms with E-state index in [0.717, 1.165) is 45.1 Å². The van der Waals surface area contributed by atoms with E-state index in [1.165, 1.54) is 0 Å². The minimum absolute atomic E-state index is 0.103. The maximum Gasteiger partial charge on any atom is 0.234 e. The molecule has 1 saturated carbocycles. The monoisotopic (exact) mass is 266 g/mol. The van der Waals surface area contributed by atoms with Crippen LogP contribution >= 0.6 is 0 Å². The Morgan fingerprint density at radius 3 is 2.84 bits per heavy atom. The summed E-state index contributed by atoms with van der Waals surface area (Å²) in [7, 11) is 0. The molecule has 4 heteroatoms. The van der Waals surface area contributed by atoms with Crippen LogP contribution in [0.4, 0.5) is 0 Å². The molecule has 0 radical (unpaired) electrons. The molecule has 0 aromatic carbocycles. The van der Waals surface area contributed by atoms with Crippen molar-refractivity contribution in [3.8, 4) is 0 Å². The van der Waals surface area contributed by atoms with Gasteiger partial charge in [0.1, 0.15) is 5.78 Å². The van der Waals surface area contributed by atoms with Crippen LogP contribution in [0.15, 0.2) is 0 Å². The first kappa shape index (κ1) is 14.5. The number of ketones is 1. The summed E-state index contributed by atoms with van der Waals surface area (Å²) in [6.07, 6.45) is 5.95. The van der Waals surface area contributed by atoms with Gasteiger partial charge in [0.15, 0.2) is 0 Å². The van der Waals surface area contributed by atoms with Gasteiger partial charge >= 0.3 is 0 Å². The number of Topliss-reactive ketones (excluding diaryl/α,β-unsaturated/α-hetero) is 1. The summed E-state index contributed by atoms with van der Waals surface area (Å²) in [5.41, 5.74) is 0. The van der Waals surface area contributed by atoms with Crippen molar-refractivity contribution < 1.29 is 9.59 Å². The molecule has 1 aliphatic carbocycles. The van der Waals surface area contributed by atoms with E-state index in [9.17, 15) is 9.59 Å². The van der Waals surface area contributed by atoms with Gasteiger partial charge < -0.3 is 5.32 Å². The lowest BCUT2D eigenvalue weighted by Crippen LogP contribution is -2.45. The van der Waals surface area contributed by atoms with E-state index in [0.29, 0.717) is 18.4 Å². The Morgan fingerprint density at radius 1 is 1.42 bits per heavy atom. The molecular weight excluding hydrogens is 240 g/mol. The van der Waals surface area contributed by atoms with E-state index in [1.807, 2.05) is 6.92 Å². The lowest BCUT2D eigenvalue weighted by atomic mass is 9.95. The molecule has 2 fully saturated rings. The fourth-order valence-electron chi connectivity index (χ4n) is 3.36. The zero-order valence-corrected chi connectivity index (χ0v) is 12.2. The third kappa shape index (κ3) is 3.56. The number of carbonyl (C=O) groups excluding carboxylic acids is 2. The lowest BCUT2D eigenvalue weighted by Gasteiger charge is -2.28. The highest BCUT2D eigenvalue weighted by molar-refractivity contribution is 5.84. The number of rotatable bonds is 5. The van der Waals surface area contributed by atoms with Crippen LogP contribution in [0.2, 0.25) is 0 Å². The fraction of sp³-hybridized carbons (Fsp3) is 0.867. The molecule has 0 spiro atoms. The van der Waals surface area contributed by atoms with Crippen LogP contribution in [0.25, 0.3) is 0 Å². The van der Waals surface area contributed by atoms with Gasteiger partial charge in [0, 0.05) is 24.4 Å². The van der Waals surface area contributed by atoms with E-state index in [2.05, 4.69) is 17.1 Å². The van der Waals surface area contributed by atoms with Crippen LogP contribution in [0, 0.1) is 5.92 Å². The lowest BCUT2D eigenvalue weighted by molar-refractivity contribution is -0.126. The number of amides is 1. The molecule has 0 bridgehead atoms. The van der Waals surface area contributed by atoms with Gasteiger partial charge in [0.05, 0.1) is 6.54 Å². The molecule has 19 heavy (non-hydrogen) atoms. The number of hydrogen-bond donors (Lipinski definition) is 1. The summed E-state index contributed by atoms with van der Waals surface area (Å²) in [6, 6.07) is 0.555. The molecule has 1 amide bonds. The van der Waals surface area contributed by atoms with Crippen molar-refractivity contribution in [2.24, 2.45) is 5.92 Å². The van der Waals surface area contributed by atoms with Crippen molar-refractivity contribution in [1.29, 1.82) is 0 Å². The summed E-state index contributed by atoms with van der Waals surface area (Å²) in [6.45, 7) is 5.52. The molecule has 3 unspecified atom stereocenters. The summed E-state index contributed by atoms with van der Waals surface area (Å²) < 4.78 is 0. The molecule has 3 atom stereocenters. The van der Waals surface area contributed by atoms with Gasteiger partial charge in [-0.1, -0.05) is 6.92 Å². The van der Waals surface area contributed by atoms with Gasteiger partial charge in [-0.25, -0.2) is 0 Å². The average Bonchev–Trinajstić information content (AvgIpc) is 2.97. The third-order valence-corrected chi connectivity index (χ3v) is 4.60. The van der Waals surface area contributed by atoms with Crippen LogP contribution in [0.5, 0.6) is 0 Å². The molecule has 4 nitrogen and oxygen atoms in total. The maximum absolute atomic E-state index is 12.0. The molecule has 1 N–H and O–H groups in total. The highest BCUT2D eigenvalue weighted by Gasteiger charge is 2.38. The van der Waals surface area contributed by atoms with E-state index in [1.54, 1.807) is 0 Å². The molecule has 108 valence electrons. The first-order chi connectivity index (χ1) is 9.11. The van der Waals surface area contributed by atoms with Gasteiger partial charge in [0.2, 0.25) is 5.91 Å². The predicted molar refractivity (Wildman–Crippen MR) is 74.8 cm³/mol. The number of nitrogens with zero attached hydrogens (tertiary/aromatic N) is 1. The zero-order valence-electron chi connectivity index (χ0n) is 12.2. The second kappa shape index (κ2) is 6.51. The van der Waals surface area contributed by atoms with Crippen molar-refractivity contribution in [1.82, 2.24) is 10.2 Å². The van der Waals surface area contributed by atoms with Crippen molar-refractivity contribution in [3.63, 3.8) is 0 Å². The van der Waals surface area contributed by atoms with Crippen LogP contribution in [-0.4, -0.2) is 41.8 Å². The third-order valence-electron chi connectivity index (χ3n) is 4.60. The standard InChI is InChI=1S/C15H26N2O2/c1-3-11(2)16-15(19)10-17-9-5-7-13(17)12-6-4-8-14(12)18/h11-13H,3-10H2,1-2H3,(H,16,19). The molecule has 2 aliphatic rings. The Balaban J connectivity index is 1.88. The quantitative estimate of drug-likeness (QED) is 0.824. The SMILES string of the molecule is CCC(C)NC(=O)CN1CCCC1C1CCCC1=O. The Hall–Kier alpha value is -0.900. The number of likely N-dealkylation sites (tertiary alicyclic amines) is 1. The molecule has 0 aromatic heterocycles. The van der Waals surface area contributed by atoms with Crippen LogP contribution in [0.1, 0.15) is 52.4 Å². The number of nitrogens with one attached hydrogen (secondary N) is 1. The number of hydrogen-bond acceptors (Lipinski definition) is 3.